The number of thiocarbonyl (C=S) groups is 1. The molecule has 0 unspecified atom stereocenters. The van der Waals surface area contributed by atoms with Crippen LogP contribution in [-0.2, 0) is 16.0 Å². The van der Waals surface area contributed by atoms with E-state index < -0.39 is 0 Å². The van der Waals surface area contributed by atoms with Crippen LogP contribution in [0, 0.1) is 0 Å². The number of carbonyl (C=O) groups is 2. The van der Waals surface area contributed by atoms with Crippen LogP contribution in [0.5, 0.6) is 5.75 Å². The molecule has 0 spiro atoms. The molecule has 0 atom stereocenters. The Bertz CT molecular complexity index is 824. The highest BCUT2D eigenvalue weighted by atomic mass is 32.1. The molecule has 2 rings (SSSR count). The predicted molar refractivity (Wildman–Crippen MR) is 112 cm³/mol. The zero-order valence-electron chi connectivity index (χ0n) is 15.8. The van der Waals surface area contributed by atoms with Crippen LogP contribution in [-0.4, -0.2) is 44.3 Å². The number of amides is 2. The molecule has 0 radical (unpaired) electrons. The number of likely N-dealkylation sites (N-methyl/N-ethyl adjacent to an activating group) is 1. The first kappa shape index (κ1) is 21.3. The molecule has 0 heterocycles. The van der Waals surface area contributed by atoms with E-state index in [1.165, 1.54) is 0 Å². The van der Waals surface area contributed by atoms with E-state index >= 15 is 0 Å². The monoisotopic (exact) mass is 401 g/mol. The SMILES string of the molecule is CNC(=O)Cc1ccc(NC(=S)NC(=O)c2ccccc2OCCOC)cc1. The third-order valence-electron chi connectivity index (χ3n) is 3.76. The summed E-state index contributed by atoms with van der Waals surface area (Å²) in [5, 5.41) is 8.33. The number of benzene rings is 2. The number of rotatable bonds is 8. The lowest BCUT2D eigenvalue weighted by Crippen LogP contribution is -2.34. The van der Waals surface area contributed by atoms with Gasteiger partial charge >= 0.3 is 0 Å². The Kier molecular flexibility index (Phi) is 8.38. The lowest BCUT2D eigenvalue weighted by molar-refractivity contribution is -0.119. The summed E-state index contributed by atoms with van der Waals surface area (Å²) in [5.74, 6) is 0.0232. The smallest absolute Gasteiger partial charge is 0.261 e. The van der Waals surface area contributed by atoms with E-state index in [4.69, 9.17) is 21.7 Å². The van der Waals surface area contributed by atoms with E-state index in [1.807, 2.05) is 12.1 Å². The fraction of sp³-hybridized carbons (Fsp3) is 0.250. The van der Waals surface area contributed by atoms with Gasteiger partial charge in [-0.1, -0.05) is 24.3 Å². The number of hydrogen-bond acceptors (Lipinski definition) is 5. The largest absolute Gasteiger partial charge is 0.490 e. The van der Waals surface area contributed by atoms with Crippen molar-refractivity contribution in [3.05, 3.63) is 59.7 Å². The van der Waals surface area contributed by atoms with Gasteiger partial charge in [0, 0.05) is 19.8 Å². The van der Waals surface area contributed by atoms with Crippen molar-refractivity contribution < 1.29 is 19.1 Å². The molecular formula is C20H23N3O4S. The molecule has 0 aliphatic heterocycles. The second-order valence-electron chi connectivity index (χ2n) is 5.79. The van der Waals surface area contributed by atoms with Gasteiger partial charge in [0.2, 0.25) is 5.91 Å². The average Bonchev–Trinajstić information content (AvgIpc) is 2.69. The Labute approximate surface area is 169 Å². The zero-order valence-corrected chi connectivity index (χ0v) is 16.6. The van der Waals surface area contributed by atoms with Gasteiger partial charge in [0.15, 0.2) is 5.11 Å². The van der Waals surface area contributed by atoms with Crippen LogP contribution in [0.1, 0.15) is 15.9 Å². The molecule has 0 aliphatic carbocycles. The van der Waals surface area contributed by atoms with Crippen molar-refractivity contribution in [2.45, 2.75) is 6.42 Å². The molecule has 0 saturated carbocycles. The molecular weight excluding hydrogens is 378 g/mol. The molecule has 148 valence electrons. The second-order valence-corrected chi connectivity index (χ2v) is 6.20. The van der Waals surface area contributed by atoms with Crippen LogP contribution in [0.4, 0.5) is 5.69 Å². The van der Waals surface area contributed by atoms with Gasteiger partial charge in [-0.05, 0) is 42.0 Å². The standard InChI is InChI=1S/C20H23N3O4S/c1-21-18(24)13-14-7-9-15(10-8-14)22-20(28)23-19(25)16-5-3-4-6-17(16)27-12-11-26-2/h3-10H,11-13H2,1-2H3,(H,21,24)(H2,22,23,25,28). The van der Waals surface area contributed by atoms with Gasteiger partial charge in [-0.3, -0.25) is 14.9 Å². The number of nitrogens with one attached hydrogen (secondary N) is 3. The third-order valence-corrected chi connectivity index (χ3v) is 3.96. The second kappa shape index (κ2) is 11.0. The maximum absolute atomic E-state index is 12.5. The fourth-order valence-electron chi connectivity index (χ4n) is 2.33. The summed E-state index contributed by atoms with van der Waals surface area (Å²) in [6.07, 6.45) is 0.303. The Morgan fingerprint density at radius 1 is 1.04 bits per heavy atom. The first-order chi connectivity index (χ1) is 13.5. The van der Waals surface area contributed by atoms with Gasteiger partial charge < -0.3 is 20.1 Å². The minimum Gasteiger partial charge on any atom is -0.490 e. The van der Waals surface area contributed by atoms with Gasteiger partial charge in [-0.2, -0.15) is 0 Å². The fourth-order valence-corrected chi connectivity index (χ4v) is 2.54. The highest BCUT2D eigenvalue weighted by Crippen LogP contribution is 2.18. The van der Waals surface area contributed by atoms with Crippen LogP contribution < -0.4 is 20.7 Å². The molecule has 0 aromatic heterocycles. The molecule has 8 heteroatoms. The van der Waals surface area contributed by atoms with Crippen molar-refractivity contribution in [1.82, 2.24) is 10.6 Å². The van der Waals surface area contributed by atoms with Crippen LogP contribution in [0.15, 0.2) is 48.5 Å². The molecule has 0 saturated heterocycles. The van der Waals surface area contributed by atoms with Gasteiger partial charge in [-0.25, -0.2) is 0 Å². The zero-order chi connectivity index (χ0) is 20.4. The van der Waals surface area contributed by atoms with E-state index in [-0.39, 0.29) is 16.9 Å². The average molecular weight is 401 g/mol. The Morgan fingerprint density at radius 3 is 2.43 bits per heavy atom. The number of ether oxygens (including phenoxy) is 2. The summed E-state index contributed by atoms with van der Waals surface area (Å²) >= 11 is 5.22. The Morgan fingerprint density at radius 2 is 1.75 bits per heavy atom. The molecule has 2 aromatic carbocycles. The van der Waals surface area contributed by atoms with Crippen molar-refractivity contribution in [3.8, 4) is 5.75 Å². The summed E-state index contributed by atoms with van der Waals surface area (Å²) in [4.78, 5) is 23.9. The topological polar surface area (TPSA) is 88.7 Å². The minimum atomic E-state index is -0.373. The quantitative estimate of drug-likeness (QED) is 0.464. The Hall–Kier alpha value is -2.97. The maximum Gasteiger partial charge on any atom is 0.261 e. The van der Waals surface area contributed by atoms with E-state index in [0.29, 0.717) is 36.6 Å². The number of carbonyl (C=O) groups excluding carboxylic acids is 2. The summed E-state index contributed by atoms with van der Waals surface area (Å²) in [5.41, 5.74) is 1.96. The van der Waals surface area contributed by atoms with Crippen molar-refractivity contribution in [2.75, 3.05) is 32.7 Å². The predicted octanol–water partition coefficient (Wildman–Crippen LogP) is 2.13. The first-order valence-electron chi connectivity index (χ1n) is 8.66. The van der Waals surface area contributed by atoms with Gasteiger partial charge in [-0.15, -0.1) is 0 Å². The van der Waals surface area contributed by atoms with E-state index in [9.17, 15) is 9.59 Å². The highest BCUT2D eigenvalue weighted by molar-refractivity contribution is 7.80. The number of hydrogen-bond donors (Lipinski definition) is 3. The number of anilines is 1. The molecule has 3 N–H and O–H groups in total. The summed E-state index contributed by atoms with van der Waals surface area (Å²) in [6.45, 7) is 0.762. The first-order valence-corrected chi connectivity index (χ1v) is 9.07. The molecule has 2 aromatic rings. The van der Waals surface area contributed by atoms with Gasteiger partial charge in [0.1, 0.15) is 12.4 Å². The maximum atomic E-state index is 12.5. The number of para-hydroxylation sites is 1. The van der Waals surface area contributed by atoms with Crippen LogP contribution in [0.25, 0.3) is 0 Å². The number of methoxy groups -OCH3 is 1. The van der Waals surface area contributed by atoms with Crippen LogP contribution in [0.3, 0.4) is 0 Å². The molecule has 0 aliphatic rings. The molecule has 0 bridgehead atoms. The molecule has 7 nitrogen and oxygen atoms in total. The van der Waals surface area contributed by atoms with Gasteiger partial charge in [0.25, 0.3) is 5.91 Å². The minimum absolute atomic E-state index is 0.0603. The van der Waals surface area contributed by atoms with Crippen molar-refractivity contribution >= 4 is 34.8 Å². The van der Waals surface area contributed by atoms with E-state index in [1.54, 1.807) is 50.6 Å². The lowest BCUT2D eigenvalue weighted by Gasteiger charge is -2.13. The van der Waals surface area contributed by atoms with Crippen molar-refractivity contribution in [2.24, 2.45) is 0 Å². The van der Waals surface area contributed by atoms with Crippen LogP contribution >= 0.6 is 12.2 Å². The third kappa shape index (κ3) is 6.64. The van der Waals surface area contributed by atoms with E-state index in [0.717, 1.165) is 5.56 Å². The lowest BCUT2D eigenvalue weighted by atomic mass is 10.1. The summed E-state index contributed by atoms with van der Waals surface area (Å²) < 4.78 is 10.5. The molecule has 0 fully saturated rings. The van der Waals surface area contributed by atoms with Crippen LogP contribution in [0.2, 0.25) is 0 Å². The van der Waals surface area contributed by atoms with E-state index in [2.05, 4.69) is 16.0 Å². The summed E-state index contributed by atoms with van der Waals surface area (Å²) in [7, 11) is 3.18. The highest BCUT2D eigenvalue weighted by Gasteiger charge is 2.13. The molecule has 2 amide bonds. The normalized spacial score (nSPS) is 10.1. The molecule has 28 heavy (non-hydrogen) atoms. The van der Waals surface area contributed by atoms with Crippen molar-refractivity contribution in [1.29, 1.82) is 0 Å². The summed E-state index contributed by atoms with van der Waals surface area (Å²) in [6, 6.07) is 14.1. The van der Waals surface area contributed by atoms with Crippen molar-refractivity contribution in [3.63, 3.8) is 0 Å². The van der Waals surface area contributed by atoms with Gasteiger partial charge in [0.05, 0.1) is 18.6 Å². The Balaban J connectivity index is 1.94.